The topological polar surface area (TPSA) is 9.23 Å². The largest absolute Gasteiger partial charge is 0.489 e. The van der Waals surface area contributed by atoms with Crippen LogP contribution in [-0.2, 0) is 6.61 Å². The lowest BCUT2D eigenvalue weighted by Gasteiger charge is -2.09. The second-order valence-corrected chi connectivity index (χ2v) is 5.45. The van der Waals surface area contributed by atoms with Gasteiger partial charge in [-0.1, -0.05) is 35.6 Å². The lowest BCUT2D eigenvalue weighted by molar-refractivity contribution is 0.304. The molecule has 0 aliphatic heterocycles. The lowest BCUT2D eigenvalue weighted by Crippen LogP contribution is -1.97. The van der Waals surface area contributed by atoms with Gasteiger partial charge in [-0.15, -0.1) is 11.6 Å². The van der Waals surface area contributed by atoms with Gasteiger partial charge in [0, 0.05) is 22.9 Å². The Morgan fingerprint density at radius 3 is 2.52 bits per heavy atom. The Balaban J connectivity index is 2.01. The smallest absolute Gasteiger partial charge is 0.122 e. The molecule has 0 heterocycles. The molecular weight excluding hydrogens is 303 g/mol. The van der Waals surface area contributed by atoms with Crippen LogP contribution < -0.4 is 4.74 Å². The summed E-state index contributed by atoms with van der Waals surface area (Å²) in [6.45, 7) is 2.54. The summed E-state index contributed by atoms with van der Waals surface area (Å²) in [4.78, 5) is 0. The van der Waals surface area contributed by atoms with Crippen molar-refractivity contribution in [3.05, 3.63) is 64.2 Å². The molecule has 0 amide bonds. The minimum Gasteiger partial charge on any atom is -0.489 e. The second kappa shape index (κ2) is 7.98. The minimum atomic E-state index is 0.523. The van der Waals surface area contributed by atoms with Gasteiger partial charge in [0.05, 0.1) is 0 Å². The average Bonchev–Trinajstić information content (AvgIpc) is 2.48. The molecule has 0 bridgehead atoms. The number of benzene rings is 2. The molecule has 0 spiro atoms. The van der Waals surface area contributed by atoms with Crippen LogP contribution in [-0.4, -0.2) is 5.88 Å². The fraction of sp³-hybridized carbons (Fsp3) is 0.222. The third kappa shape index (κ3) is 5.01. The number of rotatable bonds is 4. The standard InChI is InChI=1S/C18H16Cl2O/c1-14-12-15(4-2-3-11-19)7-10-18(14)21-13-16-5-8-17(20)9-6-16/h5-10,12H,3,11,13H2,1H3. The van der Waals surface area contributed by atoms with Crippen LogP contribution in [0.5, 0.6) is 5.75 Å². The number of halogens is 2. The van der Waals surface area contributed by atoms with Gasteiger partial charge >= 0.3 is 0 Å². The highest BCUT2D eigenvalue weighted by Gasteiger charge is 2.01. The van der Waals surface area contributed by atoms with Gasteiger partial charge < -0.3 is 4.74 Å². The summed E-state index contributed by atoms with van der Waals surface area (Å²) < 4.78 is 5.83. The number of aryl methyl sites for hydroxylation is 1. The zero-order valence-corrected chi connectivity index (χ0v) is 13.3. The quantitative estimate of drug-likeness (QED) is 0.555. The molecule has 1 nitrogen and oxygen atoms in total. The molecule has 0 fully saturated rings. The van der Waals surface area contributed by atoms with Crippen LogP contribution >= 0.6 is 23.2 Å². The van der Waals surface area contributed by atoms with Crippen molar-refractivity contribution in [1.29, 1.82) is 0 Å². The number of hydrogen-bond donors (Lipinski definition) is 0. The van der Waals surface area contributed by atoms with Crippen LogP contribution in [0.3, 0.4) is 0 Å². The van der Waals surface area contributed by atoms with Gasteiger partial charge in [0.1, 0.15) is 12.4 Å². The molecule has 2 aromatic rings. The Morgan fingerprint density at radius 2 is 1.86 bits per heavy atom. The van der Waals surface area contributed by atoms with Crippen LogP contribution in [0.25, 0.3) is 0 Å². The summed E-state index contributed by atoms with van der Waals surface area (Å²) in [6.07, 6.45) is 0.704. The summed E-state index contributed by atoms with van der Waals surface area (Å²) in [6, 6.07) is 13.6. The van der Waals surface area contributed by atoms with E-state index in [0.29, 0.717) is 18.9 Å². The van der Waals surface area contributed by atoms with Gasteiger partial charge in [-0.25, -0.2) is 0 Å². The van der Waals surface area contributed by atoms with Gasteiger partial charge in [-0.2, -0.15) is 0 Å². The normalized spacial score (nSPS) is 9.86. The maximum atomic E-state index is 5.86. The molecule has 21 heavy (non-hydrogen) atoms. The van der Waals surface area contributed by atoms with Gasteiger partial charge in [0.2, 0.25) is 0 Å². The molecule has 0 radical (unpaired) electrons. The first-order valence-electron chi connectivity index (χ1n) is 6.72. The third-order valence-corrected chi connectivity index (χ3v) is 3.38. The van der Waals surface area contributed by atoms with Crippen molar-refractivity contribution in [2.24, 2.45) is 0 Å². The van der Waals surface area contributed by atoms with E-state index in [0.717, 1.165) is 27.5 Å². The number of alkyl halides is 1. The Hall–Kier alpha value is -1.62. The summed E-state index contributed by atoms with van der Waals surface area (Å²) >= 11 is 11.5. The van der Waals surface area contributed by atoms with Crippen LogP contribution in [0.2, 0.25) is 5.02 Å². The van der Waals surface area contributed by atoms with Crippen LogP contribution in [0.1, 0.15) is 23.1 Å². The highest BCUT2D eigenvalue weighted by Crippen LogP contribution is 2.20. The van der Waals surface area contributed by atoms with Crippen molar-refractivity contribution in [2.45, 2.75) is 20.0 Å². The maximum Gasteiger partial charge on any atom is 0.122 e. The maximum absolute atomic E-state index is 5.86. The van der Waals surface area contributed by atoms with Crippen LogP contribution in [0.15, 0.2) is 42.5 Å². The molecule has 3 heteroatoms. The van der Waals surface area contributed by atoms with E-state index >= 15 is 0 Å². The van der Waals surface area contributed by atoms with E-state index in [4.69, 9.17) is 27.9 Å². The number of ether oxygens (including phenoxy) is 1. The predicted molar refractivity (Wildman–Crippen MR) is 89.2 cm³/mol. The fourth-order valence-corrected chi connectivity index (χ4v) is 2.06. The SMILES string of the molecule is Cc1cc(C#CCCCl)ccc1OCc1ccc(Cl)cc1. The fourth-order valence-electron chi connectivity index (χ4n) is 1.84. The summed E-state index contributed by atoms with van der Waals surface area (Å²) in [5.74, 6) is 7.55. The molecule has 0 unspecified atom stereocenters. The van der Waals surface area contributed by atoms with Gasteiger partial charge in [-0.3, -0.25) is 0 Å². The highest BCUT2D eigenvalue weighted by molar-refractivity contribution is 6.30. The molecular formula is C18H16Cl2O. The molecule has 0 aromatic heterocycles. The van der Waals surface area contributed by atoms with E-state index in [-0.39, 0.29) is 0 Å². The summed E-state index contributed by atoms with van der Waals surface area (Å²) in [7, 11) is 0. The van der Waals surface area contributed by atoms with Gasteiger partial charge in [0.25, 0.3) is 0 Å². The zero-order valence-electron chi connectivity index (χ0n) is 11.8. The molecule has 0 atom stereocenters. The van der Waals surface area contributed by atoms with E-state index in [1.54, 1.807) is 0 Å². The molecule has 0 aliphatic rings. The second-order valence-electron chi connectivity index (χ2n) is 4.64. The predicted octanol–water partition coefficient (Wildman–Crippen LogP) is 5.21. The van der Waals surface area contributed by atoms with Crippen molar-refractivity contribution < 1.29 is 4.74 Å². The van der Waals surface area contributed by atoms with E-state index in [1.165, 1.54) is 0 Å². The molecule has 0 aliphatic carbocycles. The monoisotopic (exact) mass is 318 g/mol. The van der Waals surface area contributed by atoms with Crippen LogP contribution in [0, 0.1) is 18.8 Å². The zero-order chi connectivity index (χ0) is 15.1. The molecule has 2 rings (SSSR count). The first kappa shape index (κ1) is 15.8. The molecule has 0 N–H and O–H groups in total. The first-order chi connectivity index (χ1) is 10.2. The summed E-state index contributed by atoms with van der Waals surface area (Å²) in [5.41, 5.74) is 3.14. The molecule has 108 valence electrons. The van der Waals surface area contributed by atoms with E-state index in [2.05, 4.69) is 11.8 Å². The van der Waals surface area contributed by atoms with Crippen LogP contribution in [0.4, 0.5) is 0 Å². The molecule has 2 aromatic carbocycles. The Morgan fingerprint density at radius 1 is 1.10 bits per heavy atom. The summed E-state index contributed by atoms with van der Waals surface area (Å²) in [5, 5.41) is 0.731. The van der Waals surface area contributed by atoms with Crippen molar-refractivity contribution >= 4 is 23.2 Å². The Kier molecular flexibility index (Phi) is 5.99. The van der Waals surface area contributed by atoms with Gasteiger partial charge in [0.15, 0.2) is 0 Å². The van der Waals surface area contributed by atoms with Crippen molar-refractivity contribution in [3.8, 4) is 17.6 Å². The Bertz CT molecular complexity index is 651. The van der Waals surface area contributed by atoms with E-state index in [9.17, 15) is 0 Å². The highest BCUT2D eigenvalue weighted by atomic mass is 35.5. The lowest BCUT2D eigenvalue weighted by atomic mass is 10.1. The average molecular weight is 319 g/mol. The first-order valence-corrected chi connectivity index (χ1v) is 7.63. The third-order valence-electron chi connectivity index (χ3n) is 2.93. The molecule has 0 saturated carbocycles. The van der Waals surface area contributed by atoms with Gasteiger partial charge in [-0.05, 0) is 48.4 Å². The van der Waals surface area contributed by atoms with Crippen molar-refractivity contribution in [1.82, 2.24) is 0 Å². The van der Waals surface area contributed by atoms with E-state index < -0.39 is 0 Å². The Labute approximate surface area is 135 Å². The number of hydrogen-bond acceptors (Lipinski definition) is 1. The molecule has 0 saturated heterocycles. The minimum absolute atomic E-state index is 0.523. The van der Waals surface area contributed by atoms with Crippen molar-refractivity contribution in [3.63, 3.8) is 0 Å². The van der Waals surface area contributed by atoms with Crippen molar-refractivity contribution in [2.75, 3.05) is 5.88 Å². The van der Waals surface area contributed by atoms with E-state index in [1.807, 2.05) is 49.4 Å².